The molecule has 1 unspecified atom stereocenters. The van der Waals surface area contributed by atoms with E-state index in [-0.39, 0.29) is 17.6 Å². The molecule has 2 heterocycles. The smallest absolute Gasteiger partial charge is 0.319 e. The third-order valence-electron chi connectivity index (χ3n) is 4.62. The van der Waals surface area contributed by atoms with E-state index < -0.39 is 17.8 Å². The van der Waals surface area contributed by atoms with Crippen LogP contribution in [0.1, 0.15) is 35.9 Å². The van der Waals surface area contributed by atoms with Crippen LogP contribution in [0.3, 0.4) is 0 Å². The normalized spacial score (nSPS) is 14.6. The fraction of sp³-hybridized carbons (Fsp3) is 0.350. The Bertz CT molecular complexity index is 927. The van der Waals surface area contributed by atoms with Crippen LogP contribution in [0.2, 0.25) is 0 Å². The maximum Gasteiger partial charge on any atom is 0.319 e. The maximum atomic E-state index is 14.1. The molecule has 1 fully saturated rings. The van der Waals surface area contributed by atoms with E-state index in [1.807, 2.05) is 0 Å². The quantitative estimate of drug-likeness (QED) is 0.691. The number of furan rings is 1. The number of aryl methyl sites for hydroxylation is 1. The highest BCUT2D eigenvalue weighted by molar-refractivity contribution is 6.05. The van der Waals surface area contributed by atoms with Crippen molar-refractivity contribution in [1.29, 1.82) is 0 Å². The maximum absolute atomic E-state index is 14.1. The standard InChI is InChI=1S/C20H23FN4O4/c1-12(11-25-8-3-4-18(25)26)22-20(28)23-14-5-6-16(21)17(10-14)24-19(27)15-7-9-29-13(15)2/h5-7,9-10,12H,3-4,8,11H2,1-2H3,(H,24,27)(H2,22,23,28). The van der Waals surface area contributed by atoms with Crippen LogP contribution in [-0.4, -0.2) is 41.9 Å². The van der Waals surface area contributed by atoms with E-state index in [9.17, 15) is 18.8 Å². The molecule has 4 amide bonds. The predicted octanol–water partition coefficient (Wildman–Crippen LogP) is 3.11. The highest BCUT2D eigenvalue weighted by atomic mass is 19.1. The number of hydrogen-bond acceptors (Lipinski definition) is 4. The molecule has 0 spiro atoms. The molecule has 0 saturated carbocycles. The second kappa shape index (κ2) is 8.76. The lowest BCUT2D eigenvalue weighted by atomic mass is 10.2. The minimum absolute atomic E-state index is 0.0656. The highest BCUT2D eigenvalue weighted by Crippen LogP contribution is 2.21. The lowest BCUT2D eigenvalue weighted by molar-refractivity contribution is -0.127. The summed E-state index contributed by atoms with van der Waals surface area (Å²) in [5, 5.41) is 7.82. The summed E-state index contributed by atoms with van der Waals surface area (Å²) in [7, 11) is 0. The number of nitrogens with zero attached hydrogens (tertiary/aromatic N) is 1. The number of carbonyl (C=O) groups excluding carboxylic acids is 3. The van der Waals surface area contributed by atoms with E-state index in [0.717, 1.165) is 12.5 Å². The van der Waals surface area contributed by atoms with Gasteiger partial charge in [0.15, 0.2) is 0 Å². The van der Waals surface area contributed by atoms with Gasteiger partial charge in [0.1, 0.15) is 11.6 Å². The second-order valence-corrected chi connectivity index (χ2v) is 6.98. The Morgan fingerprint density at radius 3 is 2.72 bits per heavy atom. The molecular formula is C20H23FN4O4. The summed E-state index contributed by atoms with van der Waals surface area (Å²) < 4.78 is 19.2. The first-order chi connectivity index (χ1) is 13.8. The van der Waals surface area contributed by atoms with E-state index >= 15 is 0 Å². The van der Waals surface area contributed by atoms with Crippen LogP contribution in [0.25, 0.3) is 0 Å². The van der Waals surface area contributed by atoms with Crippen LogP contribution >= 0.6 is 0 Å². The fourth-order valence-electron chi connectivity index (χ4n) is 3.17. The van der Waals surface area contributed by atoms with Crippen molar-refractivity contribution in [2.24, 2.45) is 0 Å². The number of hydrogen-bond donors (Lipinski definition) is 3. The van der Waals surface area contributed by atoms with E-state index in [4.69, 9.17) is 4.42 Å². The predicted molar refractivity (Wildman–Crippen MR) is 105 cm³/mol. The van der Waals surface area contributed by atoms with E-state index in [1.54, 1.807) is 18.7 Å². The Hall–Kier alpha value is -3.36. The number of amides is 4. The number of urea groups is 1. The van der Waals surface area contributed by atoms with Crippen molar-refractivity contribution in [3.63, 3.8) is 0 Å². The summed E-state index contributed by atoms with van der Waals surface area (Å²) >= 11 is 0. The molecule has 0 radical (unpaired) electrons. The van der Waals surface area contributed by atoms with Crippen molar-refractivity contribution in [1.82, 2.24) is 10.2 Å². The van der Waals surface area contributed by atoms with Crippen LogP contribution in [0, 0.1) is 12.7 Å². The van der Waals surface area contributed by atoms with Crippen LogP contribution in [0.15, 0.2) is 34.9 Å². The molecule has 0 bridgehead atoms. The number of carbonyl (C=O) groups is 3. The fourth-order valence-corrected chi connectivity index (χ4v) is 3.17. The van der Waals surface area contributed by atoms with Crippen molar-refractivity contribution in [2.45, 2.75) is 32.7 Å². The third kappa shape index (κ3) is 5.13. The third-order valence-corrected chi connectivity index (χ3v) is 4.62. The summed E-state index contributed by atoms with van der Waals surface area (Å²) in [6, 6.07) is 4.63. The number of anilines is 2. The zero-order valence-corrected chi connectivity index (χ0v) is 16.3. The molecule has 154 valence electrons. The lowest BCUT2D eigenvalue weighted by Crippen LogP contribution is -2.44. The number of nitrogens with one attached hydrogen (secondary N) is 3. The molecule has 29 heavy (non-hydrogen) atoms. The van der Waals surface area contributed by atoms with Crippen LogP contribution in [0.4, 0.5) is 20.6 Å². The molecule has 1 aliphatic rings. The van der Waals surface area contributed by atoms with Gasteiger partial charge in [0, 0.05) is 31.2 Å². The first-order valence-corrected chi connectivity index (χ1v) is 9.34. The Kier molecular flexibility index (Phi) is 6.16. The Morgan fingerprint density at radius 2 is 2.07 bits per heavy atom. The van der Waals surface area contributed by atoms with Crippen molar-refractivity contribution in [3.8, 4) is 0 Å². The molecule has 1 aliphatic heterocycles. The average Bonchev–Trinajstić information content (AvgIpc) is 3.26. The van der Waals surface area contributed by atoms with Gasteiger partial charge in [0.05, 0.1) is 17.5 Å². The van der Waals surface area contributed by atoms with Gasteiger partial charge in [0.2, 0.25) is 5.91 Å². The zero-order valence-electron chi connectivity index (χ0n) is 16.3. The number of halogens is 1. The molecule has 1 atom stereocenters. The van der Waals surface area contributed by atoms with Gasteiger partial charge in [-0.25, -0.2) is 9.18 Å². The van der Waals surface area contributed by atoms with Crippen LogP contribution in [0.5, 0.6) is 0 Å². The van der Waals surface area contributed by atoms with E-state index in [0.29, 0.717) is 36.5 Å². The van der Waals surface area contributed by atoms with Crippen molar-refractivity contribution < 1.29 is 23.2 Å². The molecule has 2 aromatic rings. The van der Waals surface area contributed by atoms with E-state index in [1.165, 1.54) is 24.5 Å². The summed E-state index contributed by atoms with van der Waals surface area (Å²) in [6.45, 7) is 4.56. The molecule has 3 N–H and O–H groups in total. The van der Waals surface area contributed by atoms with Gasteiger partial charge in [0.25, 0.3) is 5.91 Å². The molecule has 3 rings (SSSR count). The Balaban J connectivity index is 1.58. The van der Waals surface area contributed by atoms with Gasteiger partial charge in [-0.15, -0.1) is 0 Å². The van der Waals surface area contributed by atoms with Gasteiger partial charge in [-0.3, -0.25) is 9.59 Å². The molecule has 1 aromatic heterocycles. The van der Waals surface area contributed by atoms with Gasteiger partial charge in [-0.2, -0.15) is 0 Å². The van der Waals surface area contributed by atoms with Crippen molar-refractivity contribution >= 4 is 29.2 Å². The van der Waals surface area contributed by atoms with Gasteiger partial charge in [-0.1, -0.05) is 0 Å². The van der Waals surface area contributed by atoms with Crippen LogP contribution in [-0.2, 0) is 4.79 Å². The first kappa shape index (κ1) is 20.4. The second-order valence-electron chi connectivity index (χ2n) is 6.98. The number of rotatable bonds is 6. The molecule has 9 heteroatoms. The molecule has 1 aromatic carbocycles. The molecule has 1 saturated heterocycles. The number of likely N-dealkylation sites (tertiary alicyclic amines) is 1. The van der Waals surface area contributed by atoms with Crippen molar-refractivity contribution in [2.75, 3.05) is 23.7 Å². The van der Waals surface area contributed by atoms with E-state index in [2.05, 4.69) is 16.0 Å². The zero-order chi connectivity index (χ0) is 21.0. The topological polar surface area (TPSA) is 104 Å². The highest BCUT2D eigenvalue weighted by Gasteiger charge is 2.22. The minimum Gasteiger partial charge on any atom is -0.469 e. The van der Waals surface area contributed by atoms with Crippen molar-refractivity contribution in [3.05, 3.63) is 47.7 Å². The lowest BCUT2D eigenvalue weighted by Gasteiger charge is -2.21. The Labute approximate surface area is 167 Å². The molecule has 8 nitrogen and oxygen atoms in total. The monoisotopic (exact) mass is 402 g/mol. The summed E-state index contributed by atoms with van der Waals surface area (Å²) in [4.78, 5) is 37.8. The molecular weight excluding hydrogens is 379 g/mol. The summed E-state index contributed by atoms with van der Waals surface area (Å²) in [5.74, 6) is -0.639. The summed E-state index contributed by atoms with van der Waals surface area (Å²) in [6.07, 6.45) is 2.75. The summed E-state index contributed by atoms with van der Waals surface area (Å²) in [5.41, 5.74) is 0.544. The largest absolute Gasteiger partial charge is 0.469 e. The average molecular weight is 402 g/mol. The Morgan fingerprint density at radius 1 is 1.28 bits per heavy atom. The molecule has 0 aliphatic carbocycles. The van der Waals surface area contributed by atoms with Gasteiger partial charge >= 0.3 is 6.03 Å². The SMILES string of the molecule is Cc1occc1C(=O)Nc1cc(NC(=O)NC(C)CN2CCCC2=O)ccc1F. The number of benzene rings is 1. The first-order valence-electron chi connectivity index (χ1n) is 9.34. The van der Waals surface area contributed by atoms with Gasteiger partial charge < -0.3 is 25.3 Å². The van der Waals surface area contributed by atoms with Gasteiger partial charge in [-0.05, 0) is 44.5 Å². The minimum atomic E-state index is -0.633. The van der Waals surface area contributed by atoms with Crippen LogP contribution < -0.4 is 16.0 Å².